The van der Waals surface area contributed by atoms with Crippen LogP contribution in [0.15, 0.2) is 18.2 Å². The fourth-order valence-corrected chi connectivity index (χ4v) is 2.52. The Bertz CT molecular complexity index is 600. The van der Waals surface area contributed by atoms with Gasteiger partial charge in [-0.2, -0.15) is 0 Å². The number of benzene rings is 1. The van der Waals surface area contributed by atoms with E-state index in [9.17, 15) is 9.59 Å². The lowest BCUT2D eigenvalue weighted by molar-refractivity contribution is 0.0140. The van der Waals surface area contributed by atoms with Gasteiger partial charge in [0, 0.05) is 37.4 Å². The molecule has 0 aromatic heterocycles. The molecule has 0 saturated carbocycles. The lowest BCUT2D eigenvalue weighted by atomic mass is 10.1. The van der Waals surface area contributed by atoms with Gasteiger partial charge in [-0.15, -0.1) is 0 Å². The summed E-state index contributed by atoms with van der Waals surface area (Å²) in [5.41, 5.74) is 7.39. The van der Waals surface area contributed by atoms with Crippen molar-refractivity contribution in [3.8, 4) is 0 Å². The molecule has 1 saturated heterocycles. The molecule has 2 N–H and O–H groups in total. The summed E-state index contributed by atoms with van der Waals surface area (Å²) in [5.74, 6) is -0.0219. The molecular formula is C17H25N3O3. The summed E-state index contributed by atoms with van der Waals surface area (Å²) < 4.78 is 5.36. The SMILES string of the molecule is Cc1cc(N)ccc1C(=O)N1CCN(C(=O)OC(C)(C)C)CC1. The lowest BCUT2D eigenvalue weighted by Gasteiger charge is -2.35. The molecule has 6 heteroatoms. The first-order valence-electron chi connectivity index (χ1n) is 7.81. The first-order valence-corrected chi connectivity index (χ1v) is 7.81. The second-order valence-electron chi connectivity index (χ2n) is 6.83. The summed E-state index contributed by atoms with van der Waals surface area (Å²) in [5, 5.41) is 0. The number of anilines is 1. The zero-order valence-electron chi connectivity index (χ0n) is 14.3. The highest BCUT2D eigenvalue weighted by atomic mass is 16.6. The summed E-state index contributed by atoms with van der Waals surface area (Å²) in [6, 6.07) is 5.29. The number of ether oxygens (including phenoxy) is 1. The number of nitrogen functional groups attached to an aromatic ring is 1. The van der Waals surface area contributed by atoms with Gasteiger partial charge in [-0.1, -0.05) is 0 Å². The van der Waals surface area contributed by atoms with Gasteiger partial charge in [0.2, 0.25) is 0 Å². The first kappa shape index (κ1) is 17.1. The summed E-state index contributed by atoms with van der Waals surface area (Å²) in [7, 11) is 0. The minimum atomic E-state index is -0.509. The summed E-state index contributed by atoms with van der Waals surface area (Å²) in [6.07, 6.45) is -0.326. The normalized spacial score (nSPS) is 15.5. The van der Waals surface area contributed by atoms with E-state index in [2.05, 4.69) is 0 Å². The largest absolute Gasteiger partial charge is 0.444 e. The number of aryl methyl sites for hydroxylation is 1. The molecule has 0 bridgehead atoms. The fraction of sp³-hybridized carbons (Fsp3) is 0.529. The van der Waals surface area contributed by atoms with Crippen LogP contribution in [0.1, 0.15) is 36.7 Å². The predicted octanol–water partition coefficient (Wildman–Crippen LogP) is 2.27. The van der Waals surface area contributed by atoms with Crippen molar-refractivity contribution in [2.75, 3.05) is 31.9 Å². The van der Waals surface area contributed by atoms with Crippen LogP contribution in [0.5, 0.6) is 0 Å². The molecule has 1 fully saturated rings. The molecule has 2 amide bonds. The van der Waals surface area contributed by atoms with Gasteiger partial charge in [-0.25, -0.2) is 4.79 Å². The van der Waals surface area contributed by atoms with E-state index in [4.69, 9.17) is 10.5 Å². The van der Waals surface area contributed by atoms with E-state index in [0.29, 0.717) is 37.4 Å². The first-order chi connectivity index (χ1) is 10.7. The van der Waals surface area contributed by atoms with Crippen LogP contribution in [0.25, 0.3) is 0 Å². The van der Waals surface area contributed by atoms with Crippen molar-refractivity contribution in [3.63, 3.8) is 0 Å². The van der Waals surface area contributed by atoms with Crippen LogP contribution in [-0.4, -0.2) is 53.6 Å². The van der Waals surface area contributed by atoms with E-state index in [1.165, 1.54) is 0 Å². The van der Waals surface area contributed by atoms with Gasteiger partial charge in [-0.05, 0) is 51.5 Å². The van der Waals surface area contributed by atoms with Crippen molar-refractivity contribution in [3.05, 3.63) is 29.3 Å². The molecule has 23 heavy (non-hydrogen) atoms. The number of nitrogens with two attached hydrogens (primary N) is 1. The van der Waals surface area contributed by atoms with Gasteiger partial charge in [0.15, 0.2) is 0 Å². The van der Waals surface area contributed by atoms with Gasteiger partial charge < -0.3 is 20.3 Å². The highest BCUT2D eigenvalue weighted by molar-refractivity contribution is 5.96. The molecule has 0 unspecified atom stereocenters. The zero-order valence-corrected chi connectivity index (χ0v) is 14.3. The Hall–Kier alpha value is -2.24. The van der Waals surface area contributed by atoms with E-state index in [1.54, 1.807) is 28.0 Å². The molecule has 1 aliphatic heterocycles. The number of nitrogens with zero attached hydrogens (tertiary/aromatic N) is 2. The minimum absolute atomic E-state index is 0.0219. The number of rotatable bonds is 1. The van der Waals surface area contributed by atoms with Crippen molar-refractivity contribution in [2.45, 2.75) is 33.3 Å². The Morgan fingerprint density at radius 1 is 1.09 bits per heavy atom. The number of carbonyl (C=O) groups is 2. The molecule has 1 heterocycles. The van der Waals surface area contributed by atoms with E-state index in [1.807, 2.05) is 27.7 Å². The van der Waals surface area contributed by atoms with Crippen LogP contribution in [0, 0.1) is 6.92 Å². The fourth-order valence-electron chi connectivity index (χ4n) is 2.52. The van der Waals surface area contributed by atoms with Crippen molar-refractivity contribution in [2.24, 2.45) is 0 Å². The lowest BCUT2D eigenvalue weighted by Crippen LogP contribution is -2.51. The average Bonchev–Trinajstić information content (AvgIpc) is 2.45. The Morgan fingerprint density at radius 2 is 1.65 bits per heavy atom. The van der Waals surface area contributed by atoms with Gasteiger partial charge in [0.1, 0.15) is 5.60 Å². The Labute approximate surface area is 137 Å². The van der Waals surface area contributed by atoms with Gasteiger partial charge >= 0.3 is 6.09 Å². The molecule has 1 aromatic carbocycles. The Morgan fingerprint density at radius 3 is 2.17 bits per heavy atom. The van der Waals surface area contributed by atoms with E-state index >= 15 is 0 Å². The van der Waals surface area contributed by atoms with Gasteiger partial charge in [0.05, 0.1) is 0 Å². The van der Waals surface area contributed by atoms with Crippen LogP contribution in [0.4, 0.5) is 10.5 Å². The maximum absolute atomic E-state index is 12.6. The van der Waals surface area contributed by atoms with E-state index < -0.39 is 5.60 Å². The topological polar surface area (TPSA) is 75.9 Å². The van der Waals surface area contributed by atoms with Crippen LogP contribution >= 0.6 is 0 Å². The number of amides is 2. The van der Waals surface area contributed by atoms with Crippen LogP contribution in [0.3, 0.4) is 0 Å². The van der Waals surface area contributed by atoms with Crippen LogP contribution in [-0.2, 0) is 4.74 Å². The smallest absolute Gasteiger partial charge is 0.410 e. The van der Waals surface area contributed by atoms with Crippen molar-refractivity contribution in [1.82, 2.24) is 9.80 Å². The maximum Gasteiger partial charge on any atom is 0.410 e. The molecule has 0 radical (unpaired) electrons. The second kappa shape index (κ2) is 6.48. The number of hydrogen-bond donors (Lipinski definition) is 1. The number of piperazine rings is 1. The summed E-state index contributed by atoms with van der Waals surface area (Å²) >= 11 is 0. The van der Waals surface area contributed by atoms with E-state index in [0.717, 1.165) is 5.56 Å². The quantitative estimate of drug-likeness (QED) is 0.806. The Kier molecular flexibility index (Phi) is 4.82. The van der Waals surface area contributed by atoms with Gasteiger partial charge in [-0.3, -0.25) is 4.79 Å². The standard InChI is InChI=1S/C17H25N3O3/c1-12-11-13(18)5-6-14(12)15(21)19-7-9-20(10-8-19)16(22)23-17(2,3)4/h5-6,11H,7-10,18H2,1-4H3. The summed E-state index contributed by atoms with van der Waals surface area (Å²) in [6.45, 7) is 9.37. The number of carbonyl (C=O) groups excluding carboxylic acids is 2. The van der Waals surface area contributed by atoms with Crippen LogP contribution in [0.2, 0.25) is 0 Å². The second-order valence-corrected chi connectivity index (χ2v) is 6.83. The predicted molar refractivity (Wildman–Crippen MR) is 89.3 cm³/mol. The Balaban J connectivity index is 1.96. The zero-order chi connectivity index (χ0) is 17.2. The summed E-state index contributed by atoms with van der Waals surface area (Å²) in [4.78, 5) is 28.0. The average molecular weight is 319 g/mol. The minimum Gasteiger partial charge on any atom is -0.444 e. The molecule has 126 valence electrons. The monoisotopic (exact) mass is 319 g/mol. The van der Waals surface area contributed by atoms with Crippen molar-refractivity contribution >= 4 is 17.7 Å². The third-order valence-corrected chi connectivity index (χ3v) is 3.70. The van der Waals surface area contributed by atoms with E-state index in [-0.39, 0.29) is 12.0 Å². The molecule has 0 spiro atoms. The molecule has 0 atom stereocenters. The molecule has 0 aliphatic carbocycles. The van der Waals surface area contributed by atoms with Crippen LogP contribution < -0.4 is 5.73 Å². The third kappa shape index (κ3) is 4.37. The third-order valence-electron chi connectivity index (χ3n) is 3.70. The van der Waals surface area contributed by atoms with Gasteiger partial charge in [0.25, 0.3) is 5.91 Å². The molecule has 2 rings (SSSR count). The molecule has 1 aromatic rings. The maximum atomic E-state index is 12.6. The highest BCUT2D eigenvalue weighted by Crippen LogP contribution is 2.17. The van der Waals surface area contributed by atoms with Crippen molar-refractivity contribution < 1.29 is 14.3 Å². The molecular weight excluding hydrogens is 294 g/mol. The van der Waals surface area contributed by atoms with Crippen molar-refractivity contribution in [1.29, 1.82) is 0 Å². The molecule has 1 aliphatic rings. The molecule has 6 nitrogen and oxygen atoms in total. The number of hydrogen-bond acceptors (Lipinski definition) is 4. The highest BCUT2D eigenvalue weighted by Gasteiger charge is 2.28.